The molecule has 7 heteroatoms. The van der Waals surface area contributed by atoms with Crippen molar-refractivity contribution >= 4 is 23.2 Å². The number of hydrogen-bond donors (Lipinski definition) is 3. The second-order valence-corrected chi connectivity index (χ2v) is 7.81. The Bertz CT molecular complexity index is 923. The number of benzene rings is 2. The van der Waals surface area contributed by atoms with Crippen LogP contribution >= 0.6 is 0 Å². The summed E-state index contributed by atoms with van der Waals surface area (Å²) in [5, 5.41) is 9.10. The molecule has 0 radical (unpaired) electrons. The standard InChI is InChI=1S/C24H31N3O4/c1-16-13-17(24(29)26-18-7-5-4-6-8-18)9-11-20(16)25-15-23(28)27-21-12-10-19(30-2)14-22(21)31-3/h9-14,18,25H,4-8,15H2,1-3H3,(H,26,29)(H,27,28). The third-order valence-corrected chi connectivity index (χ3v) is 5.55. The molecule has 3 N–H and O–H groups in total. The molecule has 0 aliphatic heterocycles. The van der Waals surface area contributed by atoms with Gasteiger partial charge in [-0.15, -0.1) is 0 Å². The Morgan fingerprint density at radius 3 is 2.39 bits per heavy atom. The summed E-state index contributed by atoms with van der Waals surface area (Å²) in [6.07, 6.45) is 5.72. The van der Waals surface area contributed by atoms with Gasteiger partial charge >= 0.3 is 0 Å². The predicted molar refractivity (Wildman–Crippen MR) is 122 cm³/mol. The van der Waals surface area contributed by atoms with E-state index in [2.05, 4.69) is 16.0 Å². The lowest BCUT2D eigenvalue weighted by atomic mass is 9.95. The van der Waals surface area contributed by atoms with Gasteiger partial charge < -0.3 is 25.4 Å². The Labute approximate surface area is 183 Å². The zero-order valence-corrected chi connectivity index (χ0v) is 18.4. The number of carbonyl (C=O) groups is 2. The molecule has 31 heavy (non-hydrogen) atoms. The van der Waals surface area contributed by atoms with E-state index in [0.717, 1.165) is 24.1 Å². The summed E-state index contributed by atoms with van der Waals surface area (Å²) in [7, 11) is 3.11. The van der Waals surface area contributed by atoms with E-state index >= 15 is 0 Å². The molecular weight excluding hydrogens is 394 g/mol. The molecule has 0 bridgehead atoms. The summed E-state index contributed by atoms with van der Waals surface area (Å²) in [4.78, 5) is 24.9. The summed E-state index contributed by atoms with van der Waals surface area (Å²) >= 11 is 0. The van der Waals surface area contributed by atoms with Crippen LogP contribution in [0.2, 0.25) is 0 Å². The van der Waals surface area contributed by atoms with Crippen LogP contribution < -0.4 is 25.4 Å². The smallest absolute Gasteiger partial charge is 0.251 e. The summed E-state index contributed by atoms with van der Waals surface area (Å²) in [5.41, 5.74) is 2.93. The Morgan fingerprint density at radius 1 is 0.968 bits per heavy atom. The highest BCUT2D eigenvalue weighted by molar-refractivity contribution is 5.96. The lowest BCUT2D eigenvalue weighted by Crippen LogP contribution is -2.36. The highest BCUT2D eigenvalue weighted by atomic mass is 16.5. The van der Waals surface area contributed by atoms with Gasteiger partial charge in [0.05, 0.1) is 26.5 Å². The molecule has 0 saturated heterocycles. The number of nitrogens with one attached hydrogen (secondary N) is 3. The van der Waals surface area contributed by atoms with Crippen LogP contribution in [0.5, 0.6) is 11.5 Å². The fraction of sp³-hybridized carbons (Fsp3) is 0.417. The maximum absolute atomic E-state index is 12.5. The number of rotatable bonds is 8. The summed E-state index contributed by atoms with van der Waals surface area (Å²) < 4.78 is 10.5. The highest BCUT2D eigenvalue weighted by Crippen LogP contribution is 2.29. The average Bonchev–Trinajstić information content (AvgIpc) is 2.79. The Morgan fingerprint density at radius 2 is 1.71 bits per heavy atom. The van der Waals surface area contributed by atoms with Crippen LogP contribution in [0.4, 0.5) is 11.4 Å². The molecule has 2 aromatic rings. The molecule has 2 amide bonds. The molecule has 0 atom stereocenters. The molecule has 0 heterocycles. The number of carbonyl (C=O) groups excluding carboxylic acids is 2. The van der Waals surface area contributed by atoms with E-state index in [4.69, 9.17) is 9.47 Å². The van der Waals surface area contributed by atoms with Crippen molar-refractivity contribution in [2.45, 2.75) is 45.1 Å². The molecule has 1 aliphatic rings. The van der Waals surface area contributed by atoms with Crippen LogP contribution in [-0.4, -0.2) is 38.6 Å². The van der Waals surface area contributed by atoms with Gasteiger partial charge in [-0.2, -0.15) is 0 Å². The molecule has 1 saturated carbocycles. The zero-order chi connectivity index (χ0) is 22.2. The van der Waals surface area contributed by atoms with E-state index in [9.17, 15) is 9.59 Å². The summed E-state index contributed by atoms with van der Waals surface area (Å²) in [6.45, 7) is 2.01. The van der Waals surface area contributed by atoms with Gasteiger partial charge in [-0.25, -0.2) is 0 Å². The van der Waals surface area contributed by atoms with Gasteiger partial charge in [0.2, 0.25) is 5.91 Å². The van der Waals surface area contributed by atoms with Crippen molar-refractivity contribution in [1.82, 2.24) is 5.32 Å². The maximum atomic E-state index is 12.5. The predicted octanol–water partition coefficient (Wildman–Crippen LogP) is 4.13. The minimum absolute atomic E-state index is 0.0362. The molecule has 3 rings (SSSR count). The van der Waals surface area contributed by atoms with E-state index in [1.807, 2.05) is 19.1 Å². The van der Waals surface area contributed by atoms with Crippen LogP contribution in [0.15, 0.2) is 36.4 Å². The van der Waals surface area contributed by atoms with Crippen LogP contribution in [-0.2, 0) is 4.79 Å². The number of aryl methyl sites for hydroxylation is 1. The molecule has 7 nitrogen and oxygen atoms in total. The van der Waals surface area contributed by atoms with Gasteiger partial charge in [-0.3, -0.25) is 9.59 Å². The molecule has 1 fully saturated rings. The second-order valence-electron chi connectivity index (χ2n) is 7.81. The normalized spacial score (nSPS) is 13.9. The molecular formula is C24H31N3O4. The fourth-order valence-corrected chi connectivity index (χ4v) is 3.79. The third kappa shape index (κ3) is 6.13. The summed E-state index contributed by atoms with van der Waals surface area (Å²) in [5.74, 6) is 0.932. The van der Waals surface area contributed by atoms with Crippen LogP contribution in [0, 0.1) is 6.92 Å². The number of methoxy groups -OCH3 is 2. The highest BCUT2D eigenvalue weighted by Gasteiger charge is 2.17. The summed E-state index contributed by atoms with van der Waals surface area (Å²) in [6, 6.07) is 11.0. The number of amides is 2. The van der Waals surface area contributed by atoms with E-state index in [1.165, 1.54) is 26.4 Å². The zero-order valence-electron chi connectivity index (χ0n) is 18.4. The molecule has 166 valence electrons. The van der Waals surface area contributed by atoms with Crippen molar-refractivity contribution in [2.24, 2.45) is 0 Å². The van der Waals surface area contributed by atoms with Crippen molar-refractivity contribution in [3.8, 4) is 11.5 Å². The van der Waals surface area contributed by atoms with E-state index < -0.39 is 0 Å². The molecule has 0 unspecified atom stereocenters. The largest absolute Gasteiger partial charge is 0.497 e. The quantitative estimate of drug-likeness (QED) is 0.592. The van der Waals surface area contributed by atoms with Crippen LogP contribution in [0.25, 0.3) is 0 Å². The number of hydrogen-bond acceptors (Lipinski definition) is 5. The second kappa shape index (κ2) is 10.7. The SMILES string of the molecule is COc1ccc(NC(=O)CNc2ccc(C(=O)NC3CCCCC3)cc2C)c(OC)c1. The minimum Gasteiger partial charge on any atom is -0.497 e. The van der Waals surface area contributed by atoms with Gasteiger partial charge in [0, 0.05) is 23.4 Å². The lowest BCUT2D eigenvalue weighted by molar-refractivity contribution is -0.114. The van der Waals surface area contributed by atoms with Crippen molar-refractivity contribution in [1.29, 1.82) is 0 Å². The van der Waals surface area contributed by atoms with E-state index in [1.54, 1.807) is 31.4 Å². The van der Waals surface area contributed by atoms with E-state index in [-0.39, 0.29) is 24.4 Å². The first-order valence-corrected chi connectivity index (χ1v) is 10.7. The van der Waals surface area contributed by atoms with Gasteiger partial charge in [0.15, 0.2) is 0 Å². The van der Waals surface area contributed by atoms with E-state index in [0.29, 0.717) is 22.7 Å². The first-order valence-electron chi connectivity index (χ1n) is 10.7. The number of ether oxygens (including phenoxy) is 2. The first-order chi connectivity index (χ1) is 15.0. The topological polar surface area (TPSA) is 88.7 Å². The Hall–Kier alpha value is -3.22. The van der Waals surface area contributed by atoms with Crippen LogP contribution in [0.3, 0.4) is 0 Å². The Balaban J connectivity index is 1.55. The Kier molecular flexibility index (Phi) is 7.76. The number of anilines is 2. The van der Waals surface area contributed by atoms with Crippen molar-refractivity contribution in [3.05, 3.63) is 47.5 Å². The molecule has 1 aliphatic carbocycles. The average molecular weight is 426 g/mol. The van der Waals surface area contributed by atoms with Crippen LogP contribution in [0.1, 0.15) is 48.0 Å². The monoisotopic (exact) mass is 425 g/mol. The maximum Gasteiger partial charge on any atom is 0.251 e. The van der Waals surface area contributed by atoms with Gasteiger partial charge in [-0.1, -0.05) is 19.3 Å². The van der Waals surface area contributed by atoms with Crippen molar-refractivity contribution < 1.29 is 19.1 Å². The molecule has 2 aromatic carbocycles. The minimum atomic E-state index is -0.206. The first kappa shape index (κ1) is 22.5. The van der Waals surface area contributed by atoms with Crippen molar-refractivity contribution in [2.75, 3.05) is 31.4 Å². The lowest BCUT2D eigenvalue weighted by Gasteiger charge is -2.23. The van der Waals surface area contributed by atoms with Gasteiger partial charge in [-0.05, 0) is 55.7 Å². The van der Waals surface area contributed by atoms with Gasteiger partial charge in [0.25, 0.3) is 5.91 Å². The third-order valence-electron chi connectivity index (χ3n) is 5.55. The molecule has 0 spiro atoms. The van der Waals surface area contributed by atoms with Gasteiger partial charge in [0.1, 0.15) is 11.5 Å². The molecule has 0 aromatic heterocycles. The van der Waals surface area contributed by atoms with Crippen molar-refractivity contribution in [3.63, 3.8) is 0 Å². The fourth-order valence-electron chi connectivity index (χ4n) is 3.79.